The average molecular weight is 313 g/mol. The number of hydrogen-bond acceptors (Lipinski definition) is 3. The molecule has 1 heterocycles. The summed E-state index contributed by atoms with van der Waals surface area (Å²) in [6, 6.07) is 6.69. The summed E-state index contributed by atoms with van der Waals surface area (Å²) in [5.74, 6) is 0. The molecular weight excluding hydrogens is 286 g/mol. The molecule has 1 aliphatic rings. The van der Waals surface area contributed by atoms with Crippen LogP contribution in [0.3, 0.4) is 0 Å². The highest BCUT2D eigenvalue weighted by Gasteiger charge is 2.41. The highest BCUT2D eigenvalue weighted by molar-refractivity contribution is 5.44. The van der Waals surface area contributed by atoms with Gasteiger partial charge in [0.25, 0.3) is 0 Å². The molecule has 0 bridgehead atoms. The summed E-state index contributed by atoms with van der Waals surface area (Å²) in [7, 11) is 0. The van der Waals surface area contributed by atoms with Crippen LogP contribution >= 0.6 is 0 Å². The number of aromatic nitrogens is 2. The van der Waals surface area contributed by atoms with Gasteiger partial charge in [-0.3, -0.25) is 0 Å². The van der Waals surface area contributed by atoms with Crippen molar-refractivity contribution in [3.05, 3.63) is 46.8 Å². The number of aliphatic hydroxyl groups excluding tert-OH is 1. The molecule has 1 aliphatic carbocycles. The largest absolute Gasteiger partial charge is 0.396 e. The standard InChI is InChI=1S/C19H27N3O/c1-13-5-6-14(2)18(9-13)22-16(4)17(10-21-22)15(3)20-11-19(12-23)7-8-19/h5-6,9-10,15,20,23H,7-8,11-12H2,1-4H3. The summed E-state index contributed by atoms with van der Waals surface area (Å²) in [4.78, 5) is 0. The van der Waals surface area contributed by atoms with Crippen molar-refractivity contribution in [2.24, 2.45) is 5.41 Å². The van der Waals surface area contributed by atoms with E-state index in [4.69, 9.17) is 0 Å². The minimum Gasteiger partial charge on any atom is -0.396 e. The highest BCUT2D eigenvalue weighted by atomic mass is 16.3. The Hall–Kier alpha value is -1.65. The van der Waals surface area contributed by atoms with E-state index in [0.29, 0.717) is 0 Å². The molecule has 1 saturated carbocycles. The minimum absolute atomic E-state index is 0.130. The highest BCUT2D eigenvalue weighted by Crippen LogP contribution is 2.44. The van der Waals surface area contributed by atoms with Crippen molar-refractivity contribution in [1.29, 1.82) is 0 Å². The number of nitrogens with one attached hydrogen (secondary N) is 1. The van der Waals surface area contributed by atoms with Crippen molar-refractivity contribution in [2.75, 3.05) is 13.2 Å². The number of aryl methyl sites for hydroxylation is 2. The molecule has 2 aromatic rings. The fourth-order valence-electron chi connectivity index (χ4n) is 3.08. The normalized spacial score (nSPS) is 17.3. The van der Waals surface area contributed by atoms with Crippen LogP contribution in [0, 0.1) is 26.2 Å². The smallest absolute Gasteiger partial charge is 0.0680 e. The Morgan fingerprint density at radius 1 is 1.30 bits per heavy atom. The van der Waals surface area contributed by atoms with Crippen molar-refractivity contribution in [1.82, 2.24) is 15.1 Å². The third-order valence-electron chi connectivity index (χ3n) is 5.18. The maximum Gasteiger partial charge on any atom is 0.0680 e. The second-order valence-electron chi connectivity index (χ2n) is 7.15. The van der Waals surface area contributed by atoms with Gasteiger partial charge in [0.15, 0.2) is 0 Å². The molecule has 4 nitrogen and oxygen atoms in total. The lowest BCUT2D eigenvalue weighted by molar-refractivity contribution is 0.204. The molecule has 1 aromatic carbocycles. The van der Waals surface area contributed by atoms with Crippen LogP contribution in [0.15, 0.2) is 24.4 Å². The van der Waals surface area contributed by atoms with E-state index in [9.17, 15) is 5.11 Å². The Balaban J connectivity index is 1.80. The molecule has 1 fully saturated rings. The van der Waals surface area contributed by atoms with E-state index < -0.39 is 0 Å². The van der Waals surface area contributed by atoms with Gasteiger partial charge in [-0.25, -0.2) is 4.68 Å². The third-order valence-corrected chi connectivity index (χ3v) is 5.18. The Morgan fingerprint density at radius 3 is 2.70 bits per heavy atom. The maximum atomic E-state index is 9.45. The quantitative estimate of drug-likeness (QED) is 0.861. The lowest BCUT2D eigenvalue weighted by Gasteiger charge is -2.18. The zero-order chi connectivity index (χ0) is 16.6. The first-order chi connectivity index (χ1) is 11.0. The van der Waals surface area contributed by atoms with Gasteiger partial charge in [0, 0.05) is 35.9 Å². The van der Waals surface area contributed by atoms with Gasteiger partial charge in [0.05, 0.1) is 11.9 Å². The predicted molar refractivity (Wildman–Crippen MR) is 92.9 cm³/mol. The van der Waals surface area contributed by atoms with E-state index in [2.05, 4.69) is 56.3 Å². The number of benzene rings is 1. The predicted octanol–water partition coefficient (Wildman–Crippen LogP) is 3.22. The molecule has 4 heteroatoms. The second kappa shape index (κ2) is 6.10. The molecule has 1 unspecified atom stereocenters. The topological polar surface area (TPSA) is 50.1 Å². The van der Waals surface area contributed by atoms with Crippen LogP contribution in [0.5, 0.6) is 0 Å². The van der Waals surface area contributed by atoms with Gasteiger partial charge in [0.1, 0.15) is 0 Å². The number of aliphatic hydroxyl groups is 1. The molecule has 2 N–H and O–H groups in total. The number of rotatable bonds is 6. The molecule has 124 valence electrons. The maximum absolute atomic E-state index is 9.45. The van der Waals surface area contributed by atoms with E-state index in [-0.39, 0.29) is 18.1 Å². The van der Waals surface area contributed by atoms with E-state index >= 15 is 0 Å². The Morgan fingerprint density at radius 2 is 2.04 bits per heavy atom. The van der Waals surface area contributed by atoms with Gasteiger partial charge >= 0.3 is 0 Å². The van der Waals surface area contributed by atoms with Gasteiger partial charge in [-0.05, 0) is 57.7 Å². The third kappa shape index (κ3) is 3.19. The van der Waals surface area contributed by atoms with E-state index in [1.54, 1.807) is 0 Å². The summed E-state index contributed by atoms with van der Waals surface area (Å²) in [5.41, 5.74) is 6.14. The average Bonchev–Trinajstić information content (AvgIpc) is 3.23. The van der Waals surface area contributed by atoms with Crippen molar-refractivity contribution >= 4 is 0 Å². The van der Waals surface area contributed by atoms with Crippen molar-refractivity contribution in [2.45, 2.75) is 46.6 Å². The van der Waals surface area contributed by atoms with Crippen LogP contribution in [0.2, 0.25) is 0 Å². The Kier molecular flexibility index (Phi) is 4.30. The molecule has 3 rings (SSSR count). The fraction of sp³-hybridized carbons (Fsp3) is 0.526. The molecule has 0 spiro atoms. The summed E-state index contributed by atoms with van der Waals surface area (Å²) < 4.78 is 2.04. The molecule has 1 aromatic heterocycles. The van der Waals surface area contributed by atoms with Crippen LogP contribution in [0.4, 0.5) is 0 Å². The Bertz CT molecular complexity index is 701. The number of nitrogens with zero attached hydrogens (tertiary/aromatic N) is 2. The summed E-state index contributed by atoms with van der Waals surface area (Å²) >= 11 is 0. The van der Waals surface area contributed by atoms with E-state index in [1.807, 2.05) is 10.9 Å². The first-order valence-electron chi connectivity index (χ1n) is 8.42. The van der Waals surface area contributed by atoms with Gasteiger partial charge in [-0.1, -0.05) is 12.1 Å². The lowest BCUT2D eigenvalue weighted by Crippen LogP contribution is -2.29. The van der Waals surface area contributed by atoms with Crippen molar-refractivity contribution < 1.29 is 5.11 Å². The van der Waals surface area contributed by atoms with Crippen LogP contribution in [-0.2, 0) is 0 Å². The van der Waals surface area contributed by atoms with Gasteiger partial charge in [0.2, 0.25) is 0 Å². The molecule has 23 heavy (non-hydrogen) atoms. The zero-order valence-electron chi connectivity index (χ0n) is 14.6. The molecule has 0 amide bonds. The van der Waals surface area contributed by atoms with Gasteiger partial charge in [-0.15, -0.1) is 0 Å². The fourth-order valence-corrected chi connectivity index (χ4v) is 3.08. The summed E-state index contributed by atoms with van der Waals surface area (Å²) in [6.07, 6.45) is 4.22. The molecule has 0 aliphatic heterocycles. The first-order valence-corrected chi connectivity index (χ1v) is 8.42. The van der Waals surface area contributed by atoms with Crippen molar-refractivity contribution in [3.8, 4) is 5.69 Å². The van der Waals surface area contributed by atoms with E-state index in [1.165, 1.54) is 22.4 Å². The summed E-state index contributed by atoms with van der Waals surface area (Å²) in [5, 5.41) is 17.6. The second-order valence-corrected chi connectivity index (χ2v) is 7.15. The molecule has 0 saturated heterocycles. The lowest BCUT2D eigenvalue weighted by atomic mass is 10.1. The van der Waals surface area contributed by atoms with Crippen LogP contribution in [-0.4, -0.2) is 28.0 Å². The summed E-state index contributed by atoms with van der Waals surface area (Å²) in [6.45, 7) is 9.69. The number of hydrogen-bond donors (Lipinski definition) is 2. The molecule has 0 radical (unpaired) electrons. The SMILES string of the molecule is Cc1ccc(C)c(-n2ncc(C(C)NCC3(CO)CC3)c2C)c1. The molecule has 1 atom stereocenters. The molecular formula is C19H27N3O. The van der Waals surface area contributed by atoms with Gasteiger partial charge in [-0.2, -0.15) is 5.10 Å². The zero-order valence-corrected chi connectivity index (χ0v) is 14.6. The van der Waals surface area contributed by atoms with Crippen LogP contribution in [0.25, 0.3) is 5.69 Å². The first kappa shape index (κ1) is 16.2. The minimum atomic E-state index is 0.130. The monoisotopic (exact) mass is 313 g/mol. The van der Waals surface area contributed by atoms with Crippen LogP contribution < -0.4 is 5.32 Å². The van der Waals surface area contributed by atoms with E-state index in [0.717, 1.165) is 25.1 Å². The van der Waals surface area contributed by atoms with Crippen molar-refractivity contribution in [3.63, 3.8) is 0 Å². The van der Waals surface area contributed by atoms with Gasteiger partial charge < -0.3 is 10.4 Å². The Labute approximate surface area is 138 Å². The van der Waals surface area contributed by atoms with Crippen LogP contribution in [0.1, 0.15) is 48.2 Å².